The minimum atomic E-state index is -0.202. The van der Waals surface area contributed by atoms with Crippen LogP contribution < -0.4 is 16.2 Å². The van der Waals surface area contributed by atoms with Gasteiger partial charge in [-0.2, -0.15) is 0 Å². The van der Waals surface area contributed by atoms with Crippen LogP contribution in [0.25, 0.3) is 5.69 Å². The summed E-state index contributed by atoms with van der Waals surface area (Å²) >= 11 is 0. The number of carbonyl (C=O) groups is 1. The molecule has 1 aliphatic heterocycles. The lowest BCUT2D eigenvalue weighted by atomic mass is 9.85. The lowest BCUT2D eigenvalue weighted by Crippen LogP contribution is -2.40. The Morgan fingerprint density at radius 2 is 1.92 bits per heavy atom. The van der Waals surface area contributed by atoms with Gasteiger partial charge < -0.3 is 10.6 Å². The number of aromatic nitrogens is 2. The molecule has 0 bridgehead atoms. The van der Waals surface area contributed by atoms with Crippen LogP contribution in [-0.4, -0.2) is 27.4 Å². The molecule has 138 valence electrons. The highest BCUT2D eigenvalue weighted by Gasteiger charge is 2.38. The molecule has 1 amide bonds. The van der Waals surface area contributed by atoms with Gasteiger partial charge in [0.2, 0.25) is 5.91 Å². The molecular weight excluding hydrogens is 328 g/mol. The van der Waals surface area contributed by atoms with Crippen LogP contribution in [-0.2, 0) is 11.8 Å². The first-order valence-electron chi connectivity index (χ1n) is 9.47. The average molecular weight is 354 g/mol. The molecule has 3 unspecified atom stereocenters. The van der Waals surface area contributed by atoms with E-state index < -0.39 is 0 Å². The van der Waals surface area contributed by atoms with E-state index in [1.54, 1.807) is 9.36 Å². The fourth-order valence-electron chi connectivity index (χ4n) is 4.44. The van der Waals surface area contributed by atoms with Crippen molar-refractivity contribution in [2.24, 2.45) is 13.0 Å². The summed E-state index contributed by atoms with van der Waals surface area (Å²) in [4.78, 5) is 25.7. The Morgan fingerprint density at radius 3 is 2.65 bits per heavy atom. The van der Waals surface area contributed by atoms with E-state index in [-0.39, 0.29) is 17.5 Å². The van der Waals surface area contributed by atoms with Crippen LogP contribution in [0.2, 0.25) is 0 Å². The molecule has 2 heterocycles. The molecule has 0 radical (unpaired) electrons. The van der Waals surface area contributed by atoms with Gasteiger partial charge >= 0.3 is 0 Å². The number of anilines is 1. The minimum Gasteiger partial charge on any atom is -0.319 e. The second-order valence-corrected chi connectivity index (χ2v) is 7.53. The van der Waals surface area contributed by atoms with Crippen LogP contribution >= 0.6 is 0 Å². The highest BCUT2D eigenvalue weighted by Crippen LogP contribution is 2.33. The van der Waals surface area contributed by atoms with Crippen LogP contribution in [0.15, 0.2) is 35.1 Å². The lowest BCUT2D eigenvalue weighted by molar-refractivity contribution is -0.117. The predicted molar refractivity (Wildman–Crippen MR) is 102 cm³/mol. The molecule has 6 nitrogen and oxygen atoms in total. The van der Waals surface area contributed by atoms with E-state index in [4.69, 9.17) is 0 Å². The summed E-state index contributed by atoms with van der Waals surface area (Å²) in [5.41, 5.74) is 1.72. The molecule has 2 aromatic rings. The van der Waals surface area contributed by atoms with Crippen molar-refractivity contribution in [1.29, 1.82) is 0 Å². The van der Waals surface area contributed by atoms with Crippen molar-refractivity contribution in [3.05, 3.63) is 46.4 Å². The maximum absolute atomic E-state index is 12.9. The summed E-state index contributed by atoms with van der Waals surface area (Å²) in [6.45, 7) is 1.86. The first kappa shape index (κ1) is 17.1. The van der Waals surface area contributed by atoms with Gasteiger partial charge in [0, 0.05) is 13.1 Å². The smallest absolute Gasteiger partial charge is 0.295 e. The summed E-state index contributed by atoms with van der Waals surface area (Å²) in [6, 6.07) is 9.73. The molecule has 0 spiro atoms. The van der Waals surface area contributed by atoms with Crippen molar-refractivity contribution in [3.8, 4) is 5.69 Å². The van der Waals surface area contributed by atoms with E-state index in [1.165, 1.54) is 19.3 Å². The molecule has 4 rings (SSSR count). The standard InChI is InChI=1S/C20H26N4O2/c1-13-18(20(26)24(23(13)2)15-9-4-3-5-10-15)22-19(25)17-12-14-8-6-7-11-16(14)21-17/h3-5,9-10,14,16-17,21H,6-8,11-12H2,1-2H3,(H,22,25). The van der Waals surface area contributed by atoms with Crippen molar-refractivity contribution in [3.63, 3.8) is 0 Å². The van der Waals surface area contributed by atoms with E-state index in [2.05, 4.69) is 10.6 Å². The van der Waals surface area contributed by atoms with Gasteiger partial charge in [0.25, 0.3) is 5.56 Å². The van der Waals surface area contributed by atoms with E-state index in [0.29, 0.717) is 17.6 Å². The number of rotatable bonds is 3. The van der Waals surface area contributed by atoms with E-state index in [0.717, 1.165) is 24.2 Å². The van der Waals surface area contributed by atoms with Gasteiger partial charge in [0.1, 0.15) is 5.69 Å². The second-order valence-electron chi connectivity index (χ2n) is 7.53. The average Bonchev–Trinajstić information content (AvgIpc) is 3.18. The highest BCUT2D eigenvalue weighted by atomic mass is 16.2. The van der Waals surface area contributed by atoms with Crippen molar-refractivity contribution >= 4 is 11.6 Å². The van der Waals surface area contributed by atoms with Gasteiger partial charge in [-0.1, -0.05) is 31.0 Å². The number of fused-ring (bicyclic) bond motifs is 1. The molecule has 2 N–H and O–H groups in total. The molecule has 6 heteroatoms. The third-order valence-electron chi connectivity index (χ3n) is 5.98. The minimum absolute atomic E-state index is 0.0922. The van der Waals surface area contributed by atoms with Crippen LogP contribution in [0, 0.1) is 12.8 Å². The van der Waals surface area contributed by atoms with Gasteiger partial charge in [-0.25, -0.2) is 4.68 Å². The van der Waals surface area contributed by atoms with Crippen LogP contribution in [0.3, 0.4) is 0 Å². The third-order valence-corrected chi connectivity index (χ3v) is 5.98. The first-order valence-corrected chi connectivity index (χ1v) is 9.47. The first-order chi connectivity index (χ1) is 12.6. The van der Waals surface area contributed by atoms with Gasteiger partial charge in [0.05, 0.1) is 17.4 Å². The van der Waals surface area contributed by atoms with Crippen molar-refractivity contribution in [2.45, 2.75) is 51.1 Å². The van der Waals surface area contributed by atoms with Gasteiger partial charge in [-0.3, -0.25) is 14.3 Å². The van der Waals surface area contributed by atoms with E-state index in [9.17, 15) is 9.59 Å². The van der Waals surface area contributed by atoms with Crippen molar-refractivity contribution < 1.29 is 4.79 Å². The topological polar surface area (TPSA) is 68.1 Å². The molecule has 1 aromatic heterocycles. The summed E-state index contributed by atoms with van der Waals surface area (Å²) in [6.07, 6.45) is 5.72. The van der Waals surface area contributed by atoms with Gasteiger partial charge in [-0.05, 0) is 44.2 Å². The number of benzene rings is 1. The molecule has 1 aromatic carbocycles. The number of para-hydroxylation sites is 1. The Bertz CT molecular complexity index is 854. The van der Waals surface area contributed by atoms with Crippen molar-refractivity contribution in [1.82, 2.24) is 14.7 Å². The second kappa shape index (κ2) is 6.76. The highest BCUT2D eigenvalue weighted by molar-refractivity contribution is 5.95. The fraction of sp³-hybridized carbons (Fsp3) is 0.500. The number of hydrogen-bond acceptors (Lipinski definition) is 3. The Kier molecular flexibility index (Phi) is 4.44. The number of carbonyl (C=O) groups excluding carboxylic acids is 1. The molecule has 26 heavy (non-hydrogen) atoms. The van der Waals surface area contributed by atoms with Crippen LogP contribution in [0.1, 0.15) is 37.8 Å². The monoisotopic (exact) mass is 354 g/mol. The van der Waals surface area contributed by atoms with Crippen molar-refractivity contribution in [2.75, 3.05) is 5.32 Å². The maximum atomic E-state index is 12.9. The Labute approximate surface area is 153 Å². The molecule has 1 aliphatic carbocycles. The van der Waals surface area contributed by atoms with E-state index in [1.807, 2.05) is 44.3 Å². The summed E-state index contributed by atoms with van der Waals surface area (Å²) in [7, 11) is 1.84. The number of hydrogen-bond donors (Lipinski definition) is 2. The molecule has 2 aliphatic rings. The summed E-state index contributed by atoms with van der Waals surface area (Å²) < 4.78 is 3.38. The largest absolute Gasteiger partial charge is 0.319 e. The zero-order chi connectivity index (χ0) is 18.3. The van der Waals surface area contributed by atoms with E-state index >= 15 is 0 Å². The lowest BCUT2D eigenvalue weighted by Gasteiger charge is -2.24. The molecule has 2 fully saturated rings. The molecule has 3 atom stereocenters. The third kappa shape index (κ3) is 2.88. The normalized spacial score (nSPS) is 25.1. The van der Waals surface area contributed by atoms with Gasteiger partial charge in [0.15, 0.2) is 0 Å². The van der Waals surface area contributed by atoms with Gasteiger partial charge in [-0.15, -0.1) is 0 Å². The molecule has 1 saturated heterocycles. The molecular formula is C20H26N4O2. The Balaban J connectivity index is 1.57. The molecule has 1 saturated carbocycles. The van der Waals surface area contributed by atoms with Crippen LogP contribution in [0.5, 0.6) is 0 Å². The quantitative estimate of drug-likeness (QED) is 0.889. The summed E-state index contributed by atoms with van der Waals surface area (Å²) in [5.74, 6) is 0.503. The number of nitrogens with one attached hydrogen (secondary N) is 2. The Morgan fingerprint density at radius 1 is 1.19 bits per heavy atom. The zero-order valence-corrected chi connectivity index (χ0v) is 15.4. The number of amides is 1. The fourth-order valence-corrected chi connectivity index (χ4v) is 4.44. The predicted octanol–water partition coefficient (Wildman–Crippen LogP) is 2.34. The maximum Gasteiger partial charge on any atom is 0.295 e. The zero-order valence-electron chi connectivity index (χ0n) is 15.4. The SMILES string of the molecule is Cc1c(NC(=O)C2CC3CCCCC3N2)c(=O)n(-c2ccccc2)n1C. The summed E-state index contributed by atoms with van der Waals surface area (Å²) in [5, 5.41) is 6.38. The van der Waals surface area contributed by atoms with Crippen LogP contribution in [0.4, 0.5) is 5.69 Å². The Hall–Kier alpha value is -2.34. The number of nitrogens with zero attached hydrogens (tertiary/aromatic N) is 2.